The predicted molar refractivity (Wildman–Crippen MR) is 138 cm³/mol. The smallest absolute Gasteiger partial charge is 0.262 e. The Balaban J connectivity index is 1.19. The van der Waals surface area contributed by atoms with Gasteiger partial charge in [0, 0.05) is 30.8 Å². The molecule has 35 heavy (non-hydrogen) atoms. The Morgan fingerprint density at radius 2 is 1.86 bits per heavy atom. The first-order valence-electron chi connectivity index (χ1n) is 11.8. The van der Waals surface area contributed by atoms with Crippen LogP contribution in [0.3, 0.4) is 0 Å². The SMILES string of the molecule is Cc1ccc(OCCNC(=O)c2ccc(NC(=O)C[C@H]3SC(N4CCCC4)=NC3=O)cc2)c(C)c1. The van der Waals surface area contributed by atoms with Gasteiger partial charge in [0.25, 0.3) is 11.8 Å². The topological polar surface area (TPSA) is 100 Å². The Bertz CT molecular complexity index is 1130. The molecular weight excluding hydrogens is 464 g/mol. The fourth-order valence-electron chi connectivity index (χ4n) is 4.03. The van der Waals surface area contributed by atoms with Gasteiger partial charge in [0.1, 0.15) is 17.6 Å². The molecule has 1 fully saturated rings. The molecular formula is C26H30N4O4S. The van der Waals surface area contributed by atoms with E-state index < -0.39 is 5.25 Å². The quantitative estimate of drug-likeness (QED) is 0.545. The molecule has 1 saturated heterocycles. The minimum Gasteiger partial charge on any atom is -0.491 e. The number of aryl methyl sites for hydroxylation is 2. The van der Waals surface area contributed by atoms with E-state index in [1.54, 1.807) is 24.3 Å². The van der Waals surface area contributed by atoms with Gasteiger partial charge in [-0.05, 0) is 62.6 Å². The number of carbonyl (C=O) groups is 3. The molecule has 9 heteroatoms. The number of hydrogen-bond acceptors (Lipinski definition) is 6. The van der Waals surface area contributed by atoms with Gasteiger partial charge in [-0.3, -0.25) is 14.4 Å². The van der Waals surface area contributed by atoms with Crippen molar-refractivity contribution in [3.63, 3.8) is 0 Å². The van der Waals surface area contributed by atoms with Crippen molar-refractivity contribution in [3.05, 3.63) is 59.2 Å². The lowest BCUT2D eigenvalue weighted by Crippen LogP contribution is -2.28. The fourth-order valence-corrected chi connectivity index (χ4v) is 5.14. The Morgan fingerprint density at radius 3 is 2.57 bits per heavy atom. The molecule has 8 nitrogen and oxygen atoms in total. The lowest BCUT2D eigenvalue weighted by atomic mass is 10.1. The molecule has 184 valence electrons. The minimum atomic E-state index is -0.485. The van der Waals surface area contributed by atoms with Crippen LogP contribution in [0.15, 0.2) is 47.5 Å². The maximum absolute atomic E-state index is 12.5. The third-order valence-corrected chi connectivity index (χ3v) is 7.10. The molecule has 0 saturated carbocycles. The van der Waals surface area contributed by atoms with Gasteiger partial charge in [-0.15, -0.1) is 0 Å². The number of anilines is 1. The molecule has 4 rings (SSSR count). The van der Waals surface area contributed by atoms with Crippen LogP contribution in [-0.2, 0) is 9.59 Å². The molecule has 0 unspecified atom stereocenters. The predicted octanol–water partition coefficient (Wildman–Crippen LogP) is 3.53. The van der Waals surface area contributed by atoms with Crippen LogP contribution in [-0.4, -0.2) is 59.3 Å². The van der Waals surface area contributed by atoms with E-state index in [0.29, 0.717) is 24.4 Å². The number of thioether (sulfide) groups is 1. The second kappa shape index (κ2) is 11.4. The van der Waals surface area contributed by atoms with Gasteiger partial charge in [-0.1, -0.05) is 29.5 Å². The highest BCUT2D eigenvalue weighted by Gasteiger charge is 2.33. The van der Waals surface area contributed by atoms with Gasteiger partial charge < -0.3 is 20.3 Å². The van der Waals surface area contributed by atoms with Crippen LogP contribution < -0.4 is 15.4 Å². The number of benzene rings is 2. The average molecular weight is 495 g/mol. The van der Waals surface area contributed by atoms with Crippen LogP contribution in [0.5, 0.6) is 5.75 Å². The number of carbonyl (C=O) groups excluding carboxylic acids is 3. The number of aliphatic imine (C=N–C) groups is 1. The lowest BCUT2D eigenvalue weighted by molar-refractivity contribution is -0.121. The number of likely N-dealkylation sites (tertiary alicyclic amines) is 1. The summed E-state index contributed by atoms with van der Waals surface area (Å²) < 4.78 is 5.74. The monoisotopic (exact) mass is 494 g/mol. The Hall–Kier alpha value is -3.33. The van der Waals surface area contributed by atoms with Crippen LogP contribution in [0.4, 0.5) is 5.69 Å². The molecule has 3 amide bonds. The van der Waals surface area contributed by atoms with E-state index in [1.807, 2.05) is 26.0 Å². The lowest BCUT2D eigenvalue weighted by Gasteiger charge is -2.16. The molecule has 2 N–H and O–H groups in total. The third kappa shape index (κ3) is 6.63. The summed E-state index contributed by atoms with van der Waals surface area (Å²) in [7, 11) is 0. The highest BCUT2D eigenvalue weighted by atomic mass is 32.2. The average Bonchev–Trinajstić information content (AvgIpc) is 3.48. The normalized spacial score (nSPS) is 17.3. The summed E-state index contributed by atoms with van der Waals surface area (Å²) in [5, 5.41) is 5.88. The van der Waals surface area contributed by atoms with E-state index in [1.165, 1.54) is 17.3 Å². The third-order valence-electron chi connectivity index (χ3n) is 5.88. The van der Waals surface area contributed by atoms with Crippen molar-refractivity contribution in [2.24, 2.45) is 4.99 Å². The van der Waals surface area contributed by atoms with E-state index in [4.69, 9.17) is 4.74 Å². The largest absolute Gasteiger partial charge is 0.491 e. The number of amides is 3. The molecule has 2 aromatic carbocycles. The summed E-state index contributed by atoms with van der Waals surface area (Å²) in [4.78, 5) is 43.3. The summed E-state index contributed by atoms with van der Waals surface area (Å²) in [6.07, 6.45) is 2.27. The van der Waals surface area contributed by atoms with Crippen molar-refractivity contribution >= 4 is 40.3 Å². The summed E-state index contributed by atoms with van der Waals surface area (Å²) in [6.45, 7) is 6.59. The standard InChI is InChI=1S/C26H30N4O4S/c1-17-5-10-21(18(2)15-17)34-14-11-27-24(32)19-6-8-20(9-7-19)28-23(31)16-22-25(33)29-26(35-22)30-12-3-4-13-30/h5-10,15,22H,3-4,11-14,16H2,1-2H3,(H,27,32)(H,28,31)/t22-/m1/s1. The zero-order valence-corrected chi connectivity index (χ0v) is 20.8. The molecule has 2 aliphatic heterocycles. The molecule has 2 heterocycles. The molecule has 2 aliphatic rings. The molecule has 1 atom stereocenters. The van der Waals surface area contributed by atoms with Crippen molar-refractivity contribution in [2.45, 2.75) is 38.4 Å². The first kappa shape index (κ1) is 24.8. The Labute approximate surface area is 209 Å². The van der Waals surface area contributed by atoms with Crippen molar-refractivity contribution in [3.8, 4) is 5.75 Å². The molecule has 0 bridgehead atoms. The van der Waals surface area contributed by atoms with Gasteiger partial charge in [0.05, 0.1) is 6.54 Å². The van der Waals surface area contributed by atoms with Crippen molar-refractivity contribution in [1.82, 2.24) is 10.2 Å². The van der Waals surface area contributed by atoms with Gasteiger partial charge in [0.15, 0.2) is 5.17 Å². The van der Waals surface area contributed by atoms with E-state index >= 15 is 0 Å². The van der Waals surface area contributed by atoms with Gasteiger partial charge in [-0.25, -0.2) is 0 Å². The van der Waals surface area contributed by atoms with Crippen LogP contribution >= 0.6 is 11.8 Å². The number of nitrogens with zero attached hydrogens (tertiary/aromatic N) is 2. The molecule has 0 spiro atoms. The second-order valence-corrected chi connectivity index (χ2v) is 9.91. The first-order chi connectivity index (χ1) is 16.9. The van der Waals surface area contributed by atoms with Crippen molar-refractivity contribution in [2.75, 3.05) is 31.6 Å². The number of nitrogens with one attached hydrogen (secondary N) is 2. The van der Waals surface area contributed by atoms with E-state index in [-0.39, 0.29) is 24.1 Å². The Morgan fingerprint density at radius 1 is 1.11 bits per heavy atom. The minimum absolute atomic E-state index is 0.0625. The van der Waals surface area contributed by atoms with Gasteiger partial charge in [-0.2, -0.15) is 4.99 Å². The van der Waals surface area contributed by atoms with Gasteiger partial charge in [0.2, 0.25) is 5.91 Å². The Kier molecular flexibility index (Phi) is 8.07. The van der Waals surface area contributed by atoms with Crippen molar-refractivity contribution < 1.29 is 19.1 Å². The number of ether oxygens (including phenoxy) is 1. The zero-order valence-electron chi connectivity index (χ0n) is 20.0. The molecule has 0 aliphatic carbocycles. The molecule has 2 aromatic rings. The van der Waals surface area contributed by atoms with E-state index in [9.17, 15) is 14.4 Å². The summed E-state index contributed by atoms with van der Waals surface area (Å²) in [5.41, 5.74) is 3.29. The molecule has 0 radical (unpaired) electrons. The maximum atomic E-state index is 12.5. The van der Waals surface area contributed by atoms with Crippen LogP contribution in [0.1, 0.15) is 40.7 Å². The fraction of sp³-hybridized carbons (Fsp3) is 0.385. The van der Waals surface area contributed by atoms with Crippen LogP contribution in [0, 0.1) is 13.8 Å². The van der Waals surface area contributed by atoms with E-state index in [2.05, 4.69) is 26.6 Å². The van der Waals surface area contributed by atoms with Crippen LogP contribution in [0.2, 0.25) is 0 Å². The number of rotatable bonds is 8. The molecule has 0 aromatic heterocycles. The number of amidine groups is 1. The zero-order chi connectivity index (χ0) is 24.8. The summed E-state index contributed by atoms with van der Waals surface area (Å²) in [6, 6.07) is 12.6. The van der Waals surface area contributed by atoms with E-state index in [0.717, 1.165) is 42.4 Å². The first-order valence-corrected chi connectivity index (χ1v) is 12.7. The number of hydrogen-bond donors (Lipinski definition) is 2. The van der Waals surface area contributed by atoms with Crippen LogP contribution in [0.25, 0.3) is 0 Å². The van der Waals surface area contributed by atoms with Gasteiger partial charge >= 0.3 is 0 Å². The highest BCUT2D eigenvalue weighted by Crippen LogP contribution is 2.29. The summed E-state index contributed by atoms with van der Waals surface area (Å²) in [5.74, 6) is 0.0863. The second-order valence-electron chi connectivity index (χ2n) is 8.74. The maximum Gasteiger partial charge on any atom is 0.262 e. The summed E-state index contributed by atoms with van der Waals surface area (Å²) >= 11 is 1.37. The van der Waals surface area contributed by atoms with Crippen molar-refractivity contribution in [1.29, 1.82) is 0 Å². The highest BCUT2D eigenvalue weighted by molar-refractivity contribution is 8.15.